The molecule has 45 heavy (non-hydrogen) atoms. The lowest BCUT2D eigenvalue weighted by Gasteiger charge is -2.51. The quantitative estimate of drug-likeness (QED) is 0.248. The van der Waals surface area contributed by atoms with E-state index in [1.165, 1.54) is 4.90 Å². The van der Waals surface area contributed by atoms with Crippen LogP contribution in [0.5, 0.6) is 0 Å². The maximum atomic E-state index is 14.2. The SMILES string of the molecule is C[C@@H](NC(=O)[C@@H](CC(=O)OC(C)(C)C)N1C(=O)[C@@H](C2C(=O)NC[C@@H]2c2ccccc2)[C@H]1C=Cc1ccccc1)c1ccccc1. The van der Waals surface area contributed by atoms with Crippen LogP contribution in [0.1, 0.15) is 62.8 Å². The largest absolute Gasteiger partial charge is 0.460 e. The molecule has 2 aliphatic rings. The second-order valence-electron chi connectivity index (χ2n) is 12.8. The molecular formula is C37H41N3O5. The van der Waals surface area contributed by atoms with Crippen molar-refractivity contribution in [1.29, 1.82) is 0 Å². The maximum Gasteiger partial charge on any atom is 0.308 e. The van der Waals surface area contributed by atoms with E-state index in [1.807, 2.05) is 110 Å². The van der Waals surface area contributed by atoms with Gasteiger partial charge in [0.1, 0.15) is 11.6 Å². The Kier molecular flexibility index (Phi) is 9.51. The molecule has 234 valence electrons. The summed E-state index contributed by atoms with van der Waals surface area (Å²) in [5.74, 6) is -3.12. The maximum absolute atomic E-state index is 14.2. The molecule has 8 heteroatoms. The monoisotopic (exact) mass is 607 g/mol. The highest BCUT2D eigenvalue weighted by atomic mass is 16.6. The van der Waals surface area contributed by atoms with Crippen LogP contribution in [0.4, 0.5) is 0 Å². The standard InChI is InChI=1S/C37H41N3O5/c1-24(26-16-10-6-11-17-26)39-34(42)30(22-31(41)45-37(2,3)4)40-29(21-20-25-14-8-5-9-15-25)33(36(40)44)32-28(23-38-35(32)43)27-18-12-7-13-19-27/h5-21,24,28-30,32-33H,22-23H2,1-4H3,(H,38,43)(H,39,42)/t24-,28-,29-,30-,32?,33-/m1/s1. The number of carbonyl (C=O) groups is 4. The number of hydrogen-bond donors (Lipinski definition) is 2. The normalized spacial score (nSPS) is 22.8. The number of benzene rings is 3. The third-order valence-electron chi connectivity index (χ3n) is 8.44. The van der Waals surface area contributed by atoms with Gasteiger partial charge in [-0.25, -0.2) is 0 Å². The zero-order valence-electron chi connectivity index (χ0n) is 26.2. The van der Waals surface area contributed by atoms with Crippen molar-refractivity contribution >= 4 is 29.8 Å². The van der Waals surface area contributed by atoms with Gasteiger partial charge in [0.05, 0.1) is 30.3 Å². The molecule has 0 aromatic heterocycles. The van der Waals surface area contributed by atoms with Gasteiger partial charge in [-0.05, 0) is 44.4 Å². The van der Waals surface area contributed by atoms with E-state index < -0.39 is 41.4 Å². The predicted octanol–water partition coefficient (Wildman–Crippen LogP) is 5.03. The van der Waals surface area contributed by atoms with Gasteiger partial charge in [0.15, 0.2) is 0 Å². The molecule has 2 fully saturated rings. The van der Waals surface area contributed by atoms with Crippen molar-refractivity contribution < 1.29 is 23.9 Å². The summed E-state index contributed by atoms with van der Waals surface area (Å²) in [6.45, 7) is 7.56. The van der Waals surface area contributed by atoms with Gasteiger partial charge in [0, 0.05) is 12.5 Å². The van der Waals surface area contributed by atoms with E-state index in [2.05, 4.69) is 10.6 Å². The Bertz CT molecular complexity index is 1530. The molecule has 5 rings (SSSR count). The van der Waals surface area contributed by atoms with Gasteiger partial charge >= 0.3 is 5.97 Å². The smallest absolute Gasteiger partial charge is 0.308 e. The van der Waals surface area contributed by atoms with Crippen LogP contribution in [-0.2, 0) is 23.9 Å². The zero-order valence-corrected chi connectivity index (χ0v) is 26.2. The highest BCUT2D eigenvalue weighted by Crippen LogP contribution is 2.44. The lowest BCUT2D eigenvalue weighted by Crippen LogP contribution is -2.69. The molecule has 3 aromatic carbocycles. The van der Waals surface area contributed by atoms with Crippen LogP contribution >= 0.6 is 0 Å². The fraction of sp³-hybridized carbons (Fsp3) is 0.351. The molecule has 0 saturated carbocycles. The number of nitrogens with one attached hydrogen (secondary N) is 2. The first kappa shape index (κ1) is 31.7. The zero-order chi connectivity index (χ0) is 32.1. The Labute approximate surface area is 264 Å². The summed E-state index contributed by atoms with van der Waals surface area (Å²) in [6, 6.07) is 26.7. The van der Waals surface area contributed by atoms with Crippen LogP contribution < -0.4 is 10.6 Å². The van der Waals surface area contributed by atoms with Crippen LogP contribution in [0.25, 0.3) is 6.08 Å². The van der Waals surface area contributed by atoms with Crippen molar-refractivity contribution in [3.8, 4) is 0 Å². The molecule has 3 aromatic rings. The average Bonchev–Trinajstić information content (AvgIpc) is 3.39. The minimum atomic E-state index is -1.14. The second-order valence-corrected chi connectivity index (χ2v) is 12.8. The van der Waals surface area contributed by atoms with Crippen molar-refractivity contribution in [2.75, 3.05) is 6.54 Å². The molecule has 0 radical (unpaired) electrons. The Hall–Kier alpha value is -4.72. The van der Waals surface area contributed by atoms with E-state index in [-0.39, 0.29) is 30.2 Å². The highest BCUT2D eigenvalue weighted by Gasteiger charge is 2.59. The summed E-state index contributed by atoms with van der Waals surface area (Å²) < 4.78 is 5.61. The van der Waals surface area contributed by atoms with Gasteiger partial charge in [-0.15, -0.1) is 0 Å². The Morgan fingerprint density at radius 3 is 2.16 bits per heavy atom. The number of esters is 1. The summed E-state index contributed by atoms with van der Waals surface area (Å²) >= 11 is 0. The lowest BCUT2D eigenvalue weighted by molar-refractivity contribution is -0.171. The van der Waals surface area contributed by atoms with Gasteiger partial charge in [-0.2, -0.15) is 0 Å². The van der Waals surface area contributed by atoms with Crippen molar-refractivity contribution in [3.05, 3.63) is 114 Å². The molecular weight excluding hydrogens is 566 g/mol. The third kappa shape index (κ3) is 7.33. The number of β-lactam (4-membered cyclic amide) rings is 1. The molecule has 0 spiro atoms. The fourth-order valence-corrected chi connectivity index (χ4v) is 6.34. The fourth-order valence-electron chi connectivity index (χ4n) is 6.34. The molecule has 2 saturated heterocycles. The van der Waals surface area contributed by atoms with Crippen molar-refractivity contribution in [3.63, 3.8) is 0 Å². The summed E-state index contributed by atoms with van der Waals surface area (Å²) in [4.78, 5) is 56.2. The summed E-state index contributed by atoms with van der Waals surface area (Å²) in [6.07, 6.45) is 3.46. The van der Waals surface area contributed by atoms with E-state index in [4.69, 9.17) is 4.74 Å². The number of likely N-dealkylation sites (tertiary alicyclic amines) is 1. The van der Waals surface area contributed by atoms with Crippen LogP contribution in [0.3, 0.4) is 0 Å². The number of carbonyl (C=O) groups excluding carboxylic acids is 4. The Morgan fingerprint density at radius 1 is 0.933 bits per heavy atom. The van der Waals surface area contributed by atoms with Crippen LogP contribution in [0, 0.1) is 11.8 Å². The summed E-state index contributed by atoms with van der Waals surface area (Å²) in [5.41, 5.74) is 2.01. The minimum Gasteiger partial charge on any atom is -0.460 e. The molecule has 2 heterocycles. The molecule has 1 unspecified atom stereocenters. The summed E-state index contributed by atoms with van der Waals surface area (Å²) in [7, 11) is 0. The first-order valence-corrected chi connectivity index (χ1v) is 15.5. The first-order chi connectivity index (χ1) is 21.5. The van der Waals surface area contributed by atoms with Gasteiger partial charge in [-0.1, -0.05) is 103 Å². The minimum absolute atomic E-state index is 0.189. The van der Waals surface area contributed by atoms with E-state index in [9.17, 15) is 19.2 Å². The van der Waals surface area contributed by atoms with Crippen LogP contribution in [0.2, 0.25) is 0 Å². The molecule has 6 atom stereocenters. The van der Waals surface area contributed by atoms with E-state index in [0.29, 0.717) is 6.54 Å². The Balaban J connectivity index is 1.50. The highest BCUT2D eigenvalue weighted by molar-refractivity contribution is 5.99. The van der Waals surface area contributed by atoms with Gasteiger partial charge in [-0.3, -0.25) is 19.2 Å². The van der Waals surface area contributed by atoms with E-state index in [0.717, 1.165) is 16.7 Å². The number of amides is 3. The third-order valence-corrected chi connectivity index (χ3v) is 8.44. The number of ether oxygens (including phenoxy) is 1. The predicted molar refractivity (Wildman–Crippen MR) is 173 cm³/mol. The topological polar surface area (TPSA) is 105 Å². The molecule has 0 aliphatic carbocycles. The molecule has 2 N–H and O–H groups in total. The first-order valence-electron chi connectivity index (χ1n) is 15.5. The second kappa shape index (κ2) is 13.5. The number of rotatable bonds is 10. The summed E-state index contributed by atoms with van der Waals surface area (Å²) in [5, 5.41) is 5.98. The Morgan fingerprint density at radius 2 is 1.53 bits per heavy atom. The van der Waals surface area contributed by atoms with Crippen molar-refractivity contribution in [1.82, 2.24) is 15.5 Å². The lowest BCUT2D eigenvalue weighted by atomic mass is 9.70. The van der Waals surface area contributed by atoms with Gasteiger partial charge < -0.3 is 20.3 Å². The van der Waals surface area contributed by atoms with E-state index >= 15 is 0 Å². The number of nitrogens with zero attached hydrogens (tertiary/aromatic N) is 1. The van der Waals surface area contributed by atoms with Crippen molar-refractivity contribution in [2.45, 2.75) is 63.8 Å². The number of hydrogen-bond acceptors (Lipinski definition) is 5. The van der Waals surface area contributed by atoms with Crippen LogP contribution in [-0.4, -0.2) is 52.8 Å². The molecule has 3 amide bonds. The molecule has 2 aliphatic heterocycles. The van der Waals surface area contributed by atoms with Gasteiger partial charge in [0.25, 0.3) is 0 Å². The van der Waals surface area contributed by atoms with E-state index in [1.54, 1.807) is 20.8 Å². The molecule has 8 nitrogen and oxygen atoms in total. The van der Waals surface area contributed by atoms with Crippen molar-refractivity contribution in [2.24, 2.45) is 11.8 Å². The average molecular weight is 608 g/mol. The molecule has 0 bridgehead atoms. The van der Waals surface area contributed by atoms with Crippen LogP contribution in [0.15, 0.2) is 97.1 Å². The van der Waals surface area contributed by atoms with Gasteiger partial charge in [0.2, 0.25) is 17.7 Å².